The third kappa shape index (κ3) is 7.10. The maximum Gasteiger partial charge on any atom is 0.412 e. The summed E-state index contributed by atoms with van der Waals surface area (Å²) in [5, 5.41) is 18.4. The van der Waals surface area contributed by atoms with Crippen LogP contribution in [0.4, 0.5) is 16.2 Å². The number of hydrogen-bond acceptors (Lipinski definition) is 9. The molecule has 0 radical (unpaired) electrons. The molecule has 1 unspecified atom stereocenters. The van der Waals surface area contributed by atoms with Gasteiger partial charge in [0.05, 0.1) is 24.5 Å². The number of ether oxygens (including phenoxy) is 3. The number of amides is 2. The maximum absolute atomic E-state index is 14.2. The van der Waals surface area contributed by atoms with E-state index in [2.05, 4.69) is 15.7 Å². The standard InChI is InChI=1S/C24H33N5O9S/c1-7-28-14(2)21(22(27-28)36-13-20(31)32)39(34,35)29-12-17(11-25-15(3)30)37-19-9-8-16(10-18(19)29)26-23(33)38-24(4,5)6/h8-10,17H,7,11-13H2,1-6H3,(H,25,30)(H,26,33)(H,31,32). The fourth-order valence-corrected chi connectivity index (χ4v) is 5.63. The summed E-state index contributed by atoms with van der Waals surface area (Å²) >= 11 is 0. The van der Waals surface area contributed by atoms with Crippen molar-refractivity contribution in [2.24, 2.45) is 0 Å². The minimum absolute atomic E-state index is 0.0221. The van der Waals surface area contributed by atoms with E-state index >= 15 is 0 Å². The molecule has 15 heteroatoms. The highest BCUT2D eigenvalue weighted by molar-refractivity contribution is 7.93. The second-order valence-corrected chi connectivity index (χ2v) is 11.5. The van der Waals surface area contributed by atoms with Crippen LogP contribution in [0.5, 0.6) is 11.6 Å². The van der Waals surface area contributed by atoms with Crippen LogP contribution in [-0.4, -0.2) is 72.7 Å². The lowest BCUT2D eigenvalue weighted by molar-refractivity contribution is -0.139. The predicted molar refractivity (Wildman–Crippen MR) is 140 cm³/mol. The first-order valence-electron chi connectivity index (χ1n) is 12.1. The normalized spacial score (nSPS) is 15.1. The molecular weight excluding hydrogens is 534 g/mol. The molecule has 2 heterocycles. The number of aromatic nitrogens is 2. The Morgan fingerprint density at radius 1 is 1.26 bits per heavy atom. The molecule has 214 valence electrons. The second-order valence-electron chi connectivity index (χ2n) is 9.74. The number of aryl methyl sites for hydroxylation is 1. The minimum atomic E-state index is -4.42. The zero-order valence-electron chi connectivity index (χ0n) is 22.6. The largest absolute Gasteiger partial charge is 0.484 e. The van der Waals surface area contributed by atoms with Gasteiger partial charge in [0.25, 0.3) is 15.9 Å². The number of nitrogens with one attached hydrogen (secondary N) is 2. The van der Waals surface area contributed by atoms with Crippen LogP contribution in [0, 0.1) is 6.92 Å². The zero-order chi connectivity index (χ0) is 29.1. The topological polar surface area (TPSA) is 178 Å². The van der Waals surface area contributed by atoms with E-state index in [-0.39, 0.29) is 52.6 Å². The number of carbonyl (C=O) groups is 3. The van der Waals surface area contributed by atoms with Gasteiger partial charge in [-0.15, -0.1) is 5.10 Å². The molecule has 0 bridgehead atoms. The average Bonchev–Trinajstić information content (AvgIpc) is 3.15. The van der Waals surface area contributed by atoms with Gasteiger partial charge in [-0.2, -0.15) is 0 Å². The molecule has 0 saturated carbocycles. The molecule has 1 aliphatic rings. The van der Waals surface area contributed by atoms with E-state index in [9.17, 15) is 22.8 Å². The molecule has 0 fully saturated rings. The molecule has 0 aliphatic carbocycles. The van der Waals surface area contributed by atoms with Crippen LogP contribution in [0.1, 0.15) is 40.3 Å². The van der Waals surface area contributed by atoms with Crippen molar-refractivity contribution >= 4 is 39.4 Å². The smallest absolute Gasteiger partial charge is 0.412 e. The van der Waals surface area contributed by atoms with Gasteiger partial charge in [-0.25, -0.2) is 18.0 Å². The first-order chi connectivity index (χ1) is 18.1. The molecule has 0 spiro atoms. The molecule has 1 aromatic heterocycles. The summed E-state index contributed by atoms with van der Waals surface area (Å²) in [5.41, 5.74) is -0.157. The van der Waals surface area contributed by atoms with Crippen molar-refractivity contribution in [2.75, 3.05) is 29.3 Å². The fourth-order valence-electron chi connectivity index (χ4n) is 3.84. The number of sulfonamides is 1. The fraction of sp³-hybridized carbons (Fsp3) is 0.500. The van der Waals surface area contributed by atoms with E-state index in [0.717, 1.165) is 4.31 Å². The number of hydrogen-bond donors (Lipinski definition) is 3. The van der Waals surface area contributed by atoms with Crippen LogP contribution in [0.15, 0.2) is 23.1 Å². The highest BCUT2D eigenvalue weighted by Gasteiger charge is 2.39. The van der Waals surface area contributed by atoms with Crippen molar-refractivity contribution in [3.63, 3.8) is 0 Å². The molecule has 1 aromatic carbocycles. The van der Waals surface area contributed by atoms with Crippen molar-refractivity contribution in [3.05, 3.63) is 23.9 Å². The summed E-state index contributed by atoms with van der Waals surface area (Å²) in [6.45, 7) is 9.06. The van der Waals surface area contributed by atoms with Crippen LogP contribution >= 0.6 is 0 Å². The monoisotopic (exact) mass is 567 g/mol. The Kier molecular flexibility index (Phi) is 8.63. The van der Waals surface area contributed by atoms with E-state index in [1.165, 1.54) is 36.7 Å². The number of fused-ring (bicyclic) bond motifs is 1. The van der Waals surface area contributed by atoms with Crippen molar-refractivity contribution in [1.29, 1.82) is 0 Å². The number of carbonyl (C=O) groups excluding carboxylic acids is 2. The van der Waals surface area contributed by atoms with Gasteiger partial charge in [-0.3, -0.25) is 19.1 Å². The van der Waals surface area contributed by atoms with E-state index in [1.807, 2.05) is 0 Å². The van der Waals surface area contributed by atoms with Gasteiger partial charge in [-0.05, 0) is 52.8 Å². The summed E-state index contributed by atoms with van der Waals surface area (Å²) < 4.78 is 47.3. The lowest BCUT2D eigenvalue weighted by Gasteiger charge is -2.35. The van der Waals surface area contributed by atoms with Gasteiger partial charge >= 0.3 is 12.1 Å². The second kappa shape index (κ2) is 11.4. The van der Waals surface area contributed by atoms with Gasteiger partial charge in [0.2, 0.25) is 5.91 Å². The minimum Gasteiger partial charge on any atom is -0.484 e. The van der Waals surface area contributed by atoms with E-state index in [4.69, 9.17) is 19.3 Å². The molecule has 2 amide bonds. The van der Waals surface area contributed by atoms with Gasteiger partial charge in [0.15, 0.2) is 11.5 Å². The van der Waals surface area contributed by atoms with Gasteiger partial charge in [-0.1, -0.05) is 0 Å². The lowest BCUT2D eigenvalue weighted by atomic mass is 10.2. The maximum atomic E-state index is 14.2. The number of aliphatic carboxylic acids is 1. The molecule has 3 rings (SSSR count). The molecule has 2 aromatic rings. The Morgan fingerprint density at radius 3 is 2.54 bits per heavy atom. The lowest BCUT2D eigenvalue weighted by Crippen LogP contribution is -2.48. The van der Waals surface area contributed by atoms with Crippen molar-refractivity contribution in [2.45, 2.75) is 64.7 Å². The number of carboxylic acid groups (broad SMARTS) is 1. The summed E-state index contributed by atoms with van der Waals surface area (Å²) in [6.07, 6.45) is -1.49. The first-order valence-corrected chi connectivity index (χ1v) is 13.6. The zero-order valence-corrected chi connectivity index (χ0v) is 23.4. The number of anilines is 2. The predicted octanol–water partition coefficient (Wildman–Crippen LogP) is 2.11. The summed E-state index contributed by atoms with van der Waals surface area (Å²) in [5.74, 6) is -1.79. The number of benzene rings is 1. The number of rotatable bonds is 9. The summed E-state index contributed by atoms with van der Waals surface area (Å²) in [6, 6.07) is 4.44. The first kappa shape index (κ1) is 29.5. The van der Waals surface area contributed by atoms with Gasteiger partial charge in [0, 0.05) is 19.2 Å². The van der Waals surface area contributed by atoms with Crippen molar-refractivity contribution in [1.82, 2.24) is 15.1 Å². The summed E-state index contributed by atoms with van der Waals surface area (Å²) in [4.78, 5) is 34.7. The van der Waals surface area contributed by atoms with Crippen molar-refractivity contribution in [3.8, 4) is 11.6 Å². The van der Waals surface area contributed by atoms with Gasteiger partial charge < -0.3 is 24.6 Å². The summed E-state index contributed by atoms with van der Waals surface area (Å²) in [7, 11) is -4.42. The van der Waals surface area contributed by atoms with Crippen LogP contribution in [0.3, 0.4) is 0 Å². The van der Waals surface area contributed by atoms with Crippen LogP contribution in [0.2, 0.25) is 0 Å². The molecule has 39 heavy (non-hydrogen) atoms. The third-order valence-corrected chi connectivity index (χ3v) is 7.33. The van der Waals surface area contributed by atoms with Crippen LogP contribution in [-0.2, 0) is 30.9 Å². The Morgan fingerprint density at radius 2 is 1.95 bits per heavy atom. The highest BCUT2D eigenvalue weighted by Crippen LogP contribution is 2.41. The molecule has 0 saturated heterocycles. The number of nitrogens with zero attached hydrogens (tertiary/aromatic N) is 3. The average molecular weight is 568 g/mol. The molecule has 1 atom stereocenters. The van der Waals surface area contributed by atoms with E-state index in [0.29, 0.717) is 6.54 Å². The Labute approximate surface area is 226 Å². The molecule has 14 nitrogen and oxygen atoms in total. The Bertz CT molecular complexity index is 1360. The highest BCUT2D eigenvalue weighted by atomic mass is 32.2. The molecule has 1 aliphatic heterocycles. The molecule has 3 N–H and O–H groups in total. The Balaban J connectivity index is 2.09. The van der Waals surface area contributed by atoms with Gasteiger partial charge in [0.1, 0.15) is 17.5 Å². The number of carboxylic acids is 1. The third-order valence-electron chi connectivity index (χ3n) is 5.42. The van der Waals surface area contributed by atoms with Crippen LogP contribution in [0.25, 0.3) is 0 Å². The Hall–Kier alpha value is -4.01. The van der Waals surface area contributed by atoms with Crippen LogP contribution < -0.4 is 24.4 Å². The van der Waals surface area contributed by atoms with Crippen molar-refractivity contribution < 1.29 is 42.1 Å². The molecular formula is C24H33N5O9S. The SMILES string of the molecule is CCn1nc(OCC(=O)O)c(S(=O)(=O)N2CC(CNC(C)=O)Oc3ccc(NC(=O)OC(C)(C)C)cc32)c1C. The van der Waals surface area contributed by atoms with E-state index < -0.39 is 40.4 Å². The van der Waals surface area contributed by atoms with E-state index in [1.54, 1.807) is 27.7 Å². The quantitative estimate of drug-likeness (QED) is 0.406.